The molecule has 28 heavy (non-hydrogen) atoms. The van der Waals surface area contributed by atoms with Crippen LogP contribution in [0.25, 0.3) is 11.4 Å². The molecule has 0 aliphatic heterocycles. The van der Waals surface area contributed by atoms with Gasteiger partial charge in [-0.05, 0) is 50.2 Å². The number of amides is 1. The summed E-state index contributed by atoms with van der Waals surface area (Å²) in [5, 5.41) is 9.87. The average molecular weight is 396 g/mol. The van der Waals surface area contributed by atoms with Crippen LogP contribution in [0.3, 0.4) is 0 Å². The molecule has 144 valence electrons. The van der Waals surface area contributed by atoms with Gasteiger partial charge >= 0.3 is 0 Å². The van der Waals surface area contributed by atoms with E-state index in [1.807, 2.05) is 24.3 Å². The van der Waals surface area contributed by atoms with Gasteiger partial charge in [0.15, 0.2) is 11.6 Å². The van der Waals surface area contributed by atoms with Gasteiger partial charge in [-0.3, -0.25) is 14.7 Å². The Morgan fingerprint density at radius 1 is 1.14 bits per heavy atom. The van der Waals surface area contributed by atoms with Crippen molar-refractivity contribution < 1.29 is 14.3 Å². The molecule has 0 bridgehead atoms. The lowest BCUT2D eigenvalue weighted by Gasteiger charge is -2.12. The molecule has 0 unspecified atom stereocenters. The Bertz CT molecular complexity index is 985. The number of nitrogens with one attached hydrogen (secondary N) is 2. The van der Waals surface area contributed by atoms with Crippen LogP contribution in [0.15, 0.2) is 53.7 Å². The predicted octanol–water partition coefficient (Wildman–Crippen LogP) is 3.80. The van der Waals surface area contributed by atoms with Gasteiger partial charge in [0.2, 0.25) is 11.1 Å². The van der Waals surface area contributed by atoms with Crippen LogP contribution in [0.4, 0.5) is 5.69 Å². The van der Waals surface area contributed by atoms with Crippen molar-refractivity contribution in [3.63, 3.8) is 0 Å². The highest BCUT2D eigenvalue weighted by atomic mass is 32.2. The Kier molecular flexibility index (Phi) is 6.10. The van der Waals surface area contributed by atoms with E-state index in [0.29, 0.717) is 22.2 Å². The smallest absolute Gasteiger partial charge is 0.237 e. The summed E-state index contributed by atoms with van der Waals surface area (Å²) < 4.78 is 5.15. The molecule has 2 N–H and O–H groups in total. The number of anilines is 1. The van der Waals surface area contributed by atoms with Crippen molar-refractivity contribution in [1.29, 1.82) is 0 Å². The molecule has 3 rings (SSSR count). The molecule has 0 aliphatic carbocycles. The van der Waals surface area contributed by atoms with E-state index in [4.69, 9.17) is 4.74 Å². The molecule has 0 saturated carbocycles. The first-order chi connectivity index (χ1) is 13.5. The number of hydrogen-bond donors (Lipinski definition) is 2. The summed E-state index contributed by atoms with van der Waals surface area (Å²) in [4.78, 5) is 28.6. The Balaban J connectivity index is 1.66. The zero-order chi connectivity index (χ0) is 20.1. The quantitative estimate of drug-likeness (QED) is 0.466. The Labute approximate surface area is 166 Å². The van der Waals surface area contributed by atoms with Crippen LogP contribution in [0.2, 0.25) is 0 Å². The molecule has 2 aromatic carbocycles. The fourth-order valence-corrected chi connectivity index (χ4v) is 3.25. The summed E-state index contributed by atoms with van der Waals surface area (Å²) in [7, 11) is 1.61. The molecule has 7 nitrogen and oxygen atoms in total. The van der Waals surface area contributed by atoms with Gasteiger partial charge in [0.05, 0.1) is 18.0 Å². The highest BCUT2D eigenvalue weighted by Gasteiger charge is 2.19. The first kappa shape index (κ1) is 19.6. The van der Waals surface area contributed by atoms with E-state index in [-0.39, 0.29) is 11.7 Å². The minimum Gasteiger partial charge on any atom is -0.497 e. The molecule has 1 amide bonds. The van der Waals surface area contributed by atoms with Gasteiger partial charge in [0, 0.05) is 11.1 Å². The van der Waals surface area contributed by atoms with E-state index in [1.54, 1.807) is 38.3 Å². The molecule has 1 aromatic heterocycles. The molecule has 3 aromatic rings. The van der Waals surface area contributed by atoms with Gasteiger partial charge in [0.1, 0.15) is 5.75 Å². The maximum absolute atomic E-state index is 12.5. The van der Waals surface area contributed by atoms with Crippen LogP contribution in [0, 0.1) is 0 Å². The van der Waals surface area contributed by atoms with Crippen molar-refractivity contribution in [3.05, 3.63) is 54.1 Å². The zero-order valence-electron chi connectivity index (χ0n) is 15.7. The molecule has 0 spiro atoms. The fraction of sp³-hybridized carbons (Fsp3) is 0.200. The third-order valence-electron chi connectivity index (χ3n) is 4.04. The van der Waals surface area contributed by atoms with E-state index in [0.717, 1.165) is 11.3 Å². The van der Waals surface area contributed by atoms with Gasteiger partial charge < -0.3 is 10.1 Å². The van der Waals surface area contributed by atoms with Crippen LogP contribution in [0.5, 0.6) is 5.75 Å². The minimum absolute atomic E-state index is 0.102. The predicted molar refractivity (Wildman–Crippen MR) is 109 cm³/mol. The van der Waals surface area contributed by atoms with Crippen LogP contribution >= 0.6 is 11.8 Å². The lowest BCUT2D eigenvalue weighted by molar-refractivity contribution is -0.115. The number of Topliss-reactive ketones (excluding diaryl/α,β-unsaturated/α-hetero) is 1. The maximum atomic E-state index is 12.5. The number of para-hydroxylation sites is 1. The maximum Gasteiger partial charge on any atom is 0.237 e. The Morgan fingerprint density at radius 2 is 1.86 bits per heavy atom. The van der Waals surface area contributed by atoms with E-state index in [9.17, 15) is 9.59 Å². The van der Waals surface area contributed by atoms with Crippen molar-refractivity contribution in [3.8, 4) is 17.1 Å². The second-order valence-corrected chi connectivity index (χ2v) is 7.35. The SMILES string of the molecule is COc1ccc(-c2nc(S[C@H](C)C(=O)Nc3ccccc3C(C)=O)n[nH]2)cc1. The highest BCUT2D eigenvalue weighted by molar-refractivity contribution is 8.00. The van der Waals surface area contributed by atoms with Gasteiger partial charge in [0.25, 0.3) is 0 Å². The molecule has 1 heterocycles. The highest BCUT2D eigenvalue weighted by Crippen LogP contribution is 2.25. The zero-order valence-corrected chi connectivity index (χ0v) is 16.5. The van der Waals surface area contributed by atoms with E-state index in [2.05, 4.69) is 20.5 Å². The number of aromatic amines is 1. The summed E-state index contributed by atoms with van der Waals surface area (Å²) in [5.41, 5.74) is 1.85. The van der Waals surface area contributed by atoms with E-state index < -0.39 is 5.25 Å². The molecule has 0 aliphatic rings. The number of thioether (sulfide) groups is 1. The summed E-state index contributed by atoms with van der Waals surface area (Å²) in [5.74, 6) is 1.04. The second-order valence-electron chi connectivity index (χ2n) is 6.05. The van der Waals surface area contributed by atoms with Crippen molar-refractivity contribution in [1.82, 2.24) is 15.2 Å². The number of hydrogen-bond acceptors (Lipinski definition) is 6. The van der Waals surface area contributed by atoms with Crippen LogP contribution < -0.4 is 10.1 Å². The number of methoxy groups -OCH3 is 1. The lowest BCUT2D eigenvalue weighted by Crippen LogP contribution is -2.23. The van der Waals surface area contributed by atoms with E-state index >= 15 is 0 Å². The number of ketones is 1. The van der Waals surface area contributed by atoms with Crippen LogP contribution in [0.1, 0.15) is 24.2 Å². The average Bonchev–Trinajstić information content (AvgIpc) is 3.16. The standard InChI is InChI=1S/C20H20N4O3S/c1-12(25)16-6-4-5-7-17(16)21-19(26)13(2)28-20-22-18(23-24-20)14-8-10-15(27-3)11-9-14/h4-11,13H,1-3H3,(H,21,26)(H,22,23,24)/t13-/m1/s1. The Morgan fingerprint density at radius 3 is 2.54 bits per heavy atom. The van der Waals surface area contributed by atoms with Crippen molar-refractivity contribution in [2.45, 2.75) is 24.3 Å². The molecule has 0 radical (unpaired) electrons. The normalized spacial score (nSPS) is 11.7. The number of H-pyrrole nitrogens is 1. The van der Waals surface area contributed by atoms with Gasteiger partial charge in [-0.15, -0.1) is 5.10 Å². The fourth-order valence-electron chi connectivity index (χ4n) is 2.52. The third kappa shape index (κ3) is 4.58. The molecular weight excluding hydrogens is 376 g/mol. The second kappa shape index (κ2) is 8.71. The number of carbonyl (C=O) groups is 2. The molecule has 0 fully saturated rings. The number of ether oxygens (including phenoxy) is 1. The summed E-state index contributed by atoms with van der Waals surface area (Å²) in [6, 6.07) is 14.4. The Hall–Kier alpha value is -3.13. The van der Waals surface area contributed by atoms with Gasteiger partial charge in [-0.2, -0.15) is 0 Å². The largest absolute Gasteiger partial charge is 0.497 e. The summed E-state index contributed by atoms with van der Waals surface area (Å²) in [6.07, 6.45) is 0. The van der Waals surface area contributed by atoms with Crippen LogP contribution in [-0.4, -0.2) is 39.2 Å². The minimum atomic E-state index is -0.445. The molecular formula is C20H20N4O3S. The van der Waals surface area contributed by atoms with Crippen molar-refractivity contribution in [2.75, 3.05) is 12.4 Å². The topological polar surface area (TPSA) is 97.0 Å². The molecule has 8 heteroatoms. The third-order valence-corrected chi connectivity index (χ3v) is 5.01. The van der Waals surface area contributed by atoms with Crippen LogP contribution in [-0.2, 0) is 4.79 Å². The summed E-state index contributed by atoms with van der Waals surface area (Å²) >= 11 is 1.23. The number of nitrogens with zero attached hydrogens (tertiary/aromatic N) is 2. The number of aromatic nitrogens is 3. The number of benzene rings is 2. The lowest BCUT2D eigenvalue weighted by atomic mass is 10.1. The van der Waals surface area contributed by atoms with Gasteiger partial charge in [-0.25, -0.2) is 4.98 Å². The first-order valence-corrected chi connectivity index (χ1v) is 9.50. The number of rotatable bonds is 7. The van der Waals surface area contributed by atoms with Gasteiger partial charge in [-0.1, -0.05) is 23.9 Å². The van der Waals surface area contributed by atoms with Crippen molar-refractivity contribution in [2.24, 2.45) is 0 Å². The van der Waals surface area contributed by atoms with E-state index in [1.165, 1.54) is 18.7 Å². The first-order valence-electron chi connectivity index (χ1n) is 8.62. The summed E-state index contributed by atoms with van der Waals surface area (Å²) in [6.45, 7) is 3.23. The molecule has 1 atom stereocenters. The van der Waals surface area contributed by atoms with Crippen molar-refractivity contribution >= 4 is 29.1 Å². The molecule has 0 saturated heterocycles. The number of carbonyl (C=O) groups excluding carboxylic acids is 2. The monoisotopic (exact) mass is 396 g/mol.